The van der Waals surface area contributed by atoms with Crippen molar-refractivity contribution in [1.29, 1.82) is 0 Å². The second-order valence-electron chi connectivity index (χ2n) is 5.96. The lowest BCUT2D eigenvalue weighted by Gasteiger charge is -2.29. The van der Waals surface area contributed by atoms with Crippen molar-refractivity contribution in [2.45, 2.75) is 38.7 Å². The van der Waals surface area contributed by atoms with Gasteiger partial charge in [-0.2, -0.15) is 0 Å². The second-order valence-corrected chi connectivity index (χ2v) is 5.96. The van der Waals surface area contributed by atoms with Gasteiger partial charge in [0.1, 0.15) is 6.54 Å². The number of nitrogens with zero attached hydrogens (tertiary/aromatic N) is 1. The third kappa shape index (κ3) is 13.1. The van der Waals surface area contributed by atoms with E-state index >= 15 is 0 Å². The summed E-state index contributed by atoms with van der Waals surface area (Å²) in [6.45, 7) is 2.49. The van der Waals surface area contributed by atoms with Gasteiger partial charge in [0.05, 0.1) is 21.1 Å². The minimum absolute atomic E-state index is 0.247. The molecule has 0 aromatic rings. The zero-order valence-corrected chi connectivity index (χ0v) is 13.5. The first-order chi connectivity index (χ1) is 9.74. The Hall–Kier alpha value is -1.62. The lowest BCUT2D eigenvalue weighted by Crippen LogP contribution is -2.45. The van der Waals surface area contributed by atoms with Crippen molar-refractivity contribution in [3.05, 3.63) is 24.3 Å². The predicted molar refractivity (Wildman–Crippen MR) is 80.2 cm³/mol. The highest BCUT2D eigenvalue weighted by Gasteiger charge is 2.22. The number of carboxylic acids is 1. The van der Waals surface area contributed by atoms with E-state index in [4.69, 9.17) is 4.74 Å². The van der Waals surface area contributed by atoms with E-state index in [1.54, 1.807) is 0 Å². The summed E-state index contributed by atoms with van der Waals surface area (Å²) in [6, 6.07) is 0. The molecule has 0 saturated carbocycles. The quantitative estimate of drug-likeness (QED) is 0.343. The van der Waals surface area contributed by atoms with Crippen LogP contribution in [0.3, 0.4) is 0 Å². The monoisotopic (exact) mass is 297 g/mol. The first-order valence-electron chi connectivity index (χ1n) is 7.26. The topological polar surface area (TPSA) is 66.4 Å². The fourth-order valence-corrected chi connectivity index (χ4v) is 1.78. The smallest absolute Gasteiger partial charge is 0.306 e. The second kappa shape index (κ2) is 10.2. The average Bonchev–Trinajstić information content (AvgIpc) is 2.30. The molecule has 0 bridgehead atoms. The van der Waals surface area contributed by atoms with E-state index in [1.807, 2.05) is 52.4 Å². The number of quaternary nitrogens is 1. The van der Waals surface area contributed by atoms with Crippen LogP contribution in [0.15, 0.2) is 24.3 Å². The van der Waals surface area contributed by atoms with Crippen LogP contribution in [-0.2, 0) is 14.3 Å². The normalized spacial score (nSPS) is 13.7. The summed E-state index contributed by atoms with van der Waals surface area (Å²) in [5, 5.41) is 10.7. The van der Waals surface area contributed by atoms with Crippen LogP contribution in [0.4, 0.5) is 0 Å². The van der Waals surface area contributed by atoms with E-state index in [0.29, 0.717) is 17.4 Å². The number of carbonyl (C=O) groups excluding carboxylic acids is 2. The Bertz CT molecular complexity index is 380. The highest BCUT2D eigenvalue weighted by atomic mass is 16.5. The van der Waals surface area contributed by atoms with Gasteiger partial charge in [-0.15, -0.1) is 0 Å². The lowest BCUT2D eigenvalue weighted by atomic mass is 10.2. The van der Waals surface area contributed by atoms with Gasteiger partial charge in [-0.1, -0.05) is 31.2 Å². The zero-order valence-electron chi connectivity index (χ0n) is 13.5. The molecule has 120 valence electrons. The Morgan fingerprint density at radius 3 is 2.33 bits per heavy atom. The maximum atomic E-state index is 11.7. The maximum absolute atomic E-state index is 11.7. The Labute approximate surface area is 127 Å². The molecule has 21 heavy (non-hydrogen) atoms. The standard InChI is InChI=1S/C16H27NO4/c1-5-6-7-8-9-10-11-16(20)21-14(12-15(18)19)13-17(2,3)4/h6-9,14H,5,10-13H2,1-4H3/b7-6+,9-8+. The number of hydrogen-bond donors (Lipinski definition) is 0. The minimum Gasteiger partial charge on any atom is -0.550 e. The molecule has 0 spiro atoms. The van der Waals surface area contributed by atoms with E-state index < -0.39 is 12.1 Å². The van der Waals surface area contributed by atoms with Crippen LogP contribution in [0.25, 0.3) is 0 Å². The molecule has 0 rings (SSSR count). The molecule has 0 heterocycles. The molecule has 1 unspecified atom stereocenters. The van der Waals surface area contributed by atoms with E-state index in [-0.39, 0.29) is 18.8 Å². The van der Waals surface area contributed by atoms with Crippen molar-refractivity contribution in [2.24, 2.45) is 0 Å². The third-order valence-electron chi connectivity index (χ3n) is 2.58. The van der Waals surface area contributed by atoms with Gasteiger partial charge in [-0.25, -0.2) is 0 Å². The summed E-state index contributed by atoms with van der Waals surface area (Å²) in [4.78, 5) is 22.4. The number of rotatable bonds is 10. The number of esters is 1. The number of allylic oxidation sites excluding steroid dienone is 4. The van der Waals surface area contributed by atoms with Gasteiger partial charge < -0.3 is 19.1 Å². The molecule has 0 aliphatic carbocycles. The van der Waals surface area contributed by atoms with E-state index in [0.717, 1.165) is 6.42 Å². The molecule has 0 fully saturated rings. The van der Waals surface area contributed by atoms with Gasteiger partial charge in [-0.05, 0) is 12.8 Å². The summed E-state index contributed by atoms with van der Waals surface area (Å²) in [5.74, 6) is -1.58. The first-order valence-corrected chi connectivity index (χ1v) is 7.26. The molecule has 0 aliphatic rings. The van der Waals surface area contributed by atoms with Crippen LogP contribution in [0.1, 0.15) is 32.6 Å². The van der Waals surface area contributed by atoms with Crippen LogP contribution in [0.5, 0.6) is 0 Å². The van der Waals surface area contributed by atoms with Crippen molar-refractivity contribution in [3.63, 3.8) is 0 Å². The molecule has 0 amide bonds. The molecule has 0 radical (unpaired) electrons. The number of ether oxygens (including phenoxy) is 1. The van der Waals surface area contributed by atoms with Crippen LogP contribution < -0.4 is 5.11 Å². The highest BCUT2D eigenvalue weighted by molar-refractivity contribution is 5.71. The molecular weight excluding hydrogens is 270 g/mol. The van der Waals surface area contributed by atoms with Gasteiger partial charge in [0.25, 0.3) is 0 Å². The molecule has 0 saturated heterocycles. The number of aliphatic carboxylic acids is 1. The Kier molecular flexibility index (Phi) is 9.37. The molecule has 5 nitrogen and oxygen atoms in total. The fraction of sp³-hybridized carbons (Fsp3) is 0.625. The van der Waals surface area contributed by atoms with Gasteiger partial charge in [-0.3, -0.25) is 4.79 Å². The molecule has 0 aromatic carbocycles. The SMILES string of the molecule is CC/C=C/C=C/CCC(=O)OC(CC(=O)[O-])C[N+](C)(C)C. The average molecular weight is 297 g/mol. The predicted octanol–water partition coefficient (Wildman–Crippen LogP) is 1.05. The van der Waals surface area contributed by atoms with E-state index in [9.17, 15) is 14.7 Å². The third-order valence-corrected chi connectivity index (χ3v) is 2.58. The number of carboxylic acid groups (broad SMARTS) is 1. The van der Waals surface area contributed by atoms with Crippen LogP contribution >= 0.6 is 0 Å². The van der Waals surface area contributed by atoms with Gasteiger partial charge in [0.2, 0.25) is 0 Å². The number of carbonyl (C=O) groups is 2. The van der Waals surface area contributed by atoms with Gasteiger partial charge in [0.15, 0.2) is 6.10 Å². The lowest BCUT2D eigenvalue weighted by molar-refractivity contribution is -0.873. The molecule has 0 N–H and O–H groups in total. The maximum Gasteiger partial charge on any atom is 0.306 e. The largest absolute Gasteiger partial charge is 0.550 e. The molecule has 5 heteroatoms. The van der Waals surface area contributed by atoms with Crippen LogP contribution in [-0.4, -0.2) is 50.2 Å². The molecule has 0 aromatic heterocycles. The fourth-order valence-electron chi connectivity index (χ4n) is 1.78. The Balaban J connectivity index is 4.24. The molecule has 0 aliphatic heterocycles. The van der Waals surface area contributed by atoms with Crippen molar-refractivity contribution in [3.8, 4) is 0 Å². The van der Waals surface area contributed by atoms with Crippen molar-refractivity contribution in [2.75, 3.05) is 27.7 Å². The van der Waals surface area contributed by atoms with Crippen LogP contribution in [0, 0.1) is 0 Å². The van der Waals surface area contributed by atoms with Crippen molar-refractivity contribution < 1.29 is 23.9 Å². The van der Waals surface area contributed by atoms with E-state index in [1.165, 1.54) is 0 Å². The number of likely N-dealkylation sites (N-methyl/N-ethyl adjacent to an activating group) is 1. The zero-order chi connectivity index (χ0) is 16.3. The van der Waals surface area contributed by atoms with Crippen molar-refractivity contribution in [1.82, 2.24) is 0 Å². The Morgan fingerprint density at radius 2 is 1.81 bits per heavy atom. The summed E-state index contributed by atoms with van der Waals surface area (Å²) in [5.41, 5.74) is 0. The minimum atomic E-state index is -1.20. The summed E-state index contributed by atoms with van der Waals surface area (Å²) >= 11 is 0. The number of hydrogen-bond acceptors (Lipinski definition) is 4. The van der Waals surface area contributed by atoms with Gasteiger partial charge in [0, 0.05) is 18.8 Å². The first kappa shape index (κ1) is 19.4. The van der Waals surface area contributed by atoms with Crippen LogP contribution in [0.2, 0.25) is 0 Å². The van der Waals surface area contributed by atoms with E-state index in [2.05, 4.69) is 0 Å². The Morgan fingerprint density at radius 1 is 1.19 bits per heavy atom. The molecule has 1 atom stereocenters. The van der Waals surface area contributed by atoms with Gasteiger partial charge >= 0.3 is 5.97 Å². The van der Waals surface area contributed by atoms with Crippen molar-refractivity contribution >= 4 is 11.9 Å². The summed E-state index contributed by atoms with van der Waals surface area (Å²) in [7, 11) is 5.75. The highest BCUT2D eigenvalue weighted by Crippen LogP contribution is 2.07. The summed E-state index contributed by atoms with van der Waals surface area (Å²) < 4.78 is 5.76. The molecular formula is C16H27NO4. The summed E-state index contributed by atoms with van der Waals surface area (Å²) in [6.07, 6.45) is 8.62.